The molecule has 1 saturated heterocycles. The summed E-state index contributed by atoms with van der Waals surface area (Å²) in [5.74, 6) is 0.815. The molecular formula is C15H22N2O2. The SMILES string of the molecule is CNCc1cc(C)ccc1OC1CCCCNC1=O. The summed E-state index contributed by atoms with van der Waals surface area (Å²) in [4.78, 5) is 11.9. The molecular weight excluding hydrogens is 240 g/mol. The van der Waals surface area contributed by atoms with Crippen LogP contribution in [0.4, 0.5) is 0 Å². The maximum Gasteiger partial charge on any atom is 0.261 e. The predicted octanol–water partition coefficient (Wildman–Crippen LogP) is 1.76. The van der Waals surface area contributed by atoms with Crippen molar-refractivity contribution in [1.82, 2.24) is 10.6 Å². The molecule has 1 aliphatic rings. The van der Waals surface area contributed by atoms with Gasteiger partial charge in [0.2, 0.25) is 0 Å². The van der Waals surface area contributed by atoms with Gasteiger partial charge in [0.05, 0.1) is 0 Å². The molecule has 1 aromatic rings. The van der Waals surface area contributed by atoms with Gasteiger partial charge in [0.15, 0.2) is 6.10 Å². The van der Waals surface area contributed by atoms with Gasteiger partial charge in [0, 0.05) is 18.7 Å². The van der Waals surface area contributed by atoms with Crippen molar-refractivity contribution in [2.45, 2.75) is 38.8 Å². The number of carbonyl (C=O) groups excluding carboxylic acids is 1. The zero-order chi connectivity index (χ0) is 13.7. The van der Waals surface area contributed by atoms with Gasteiger partial charge in [-0.1, -0.05) is 17.7 Å². The fourth-order valence-electron chi connectivity index (χ4n) is 2.33. The Kier molecular flexibility index (Phi) is 4.80. The Balaban J connectivity index is 2.14. The van der Waals surface area contributed by atoms with Crippen LogP contribution in [0.15, 0.2) is 18.2 Å². The monoisotopic (exact) mass is 262 g/mol. The lowest BCUT2D eigenvalue weighted by atomic mass is 10.1. The lowest BCUT2D eigenvalue weighted by Gasteiger charge is -2.18. The molecule has 2 N–H and O–H groups in total. The van der Waals surface area contributed by atoms with Crippen LogP contribution in [0, 0.1) is 6.92 Å². The van der Waals surface area contributed by atoms with Gasteiger partial charge in [-0.3, -0.25) is 4.79 Å². The first-order valence-electron chi connectivity index (χ1n) is 6.89. The molecule has 1 heterocycles. The second-order valence-corrected chi connectivity index (χ2v) is 5.03. The second-order valence-electron chi connectivity index (χ2n) is 5.03. The quantitative estimate of drug-likeness (QED) is 0.869. The first kappa shape index (κ1) is 13.9. The number of carbonyl (C=O) groups is 1. The van der Waals surface area contributed by atoms with Crippen molar-refractivity contribution in [3.8, 4) is 5.75 Å². The minimum Gasteiger partial charge on any atom is -0.480 e. The second kappa shape index (κ2) is 6.57. The van der Waals surface area contributed by atoms with Crippen molar-refractivity contribution in [2.75, 3.05) is 13.6 Å². The van der Waals surface area contributed by atoms with Gasteiger partial charge < -0.3 is 15.4 Å². The summed E-state index contributed by atoms with van der Waals surface area (Å²) in [5.41, 5.74) is 2.29. The van der Waals surface area contributed by atoms with E-state index >= 15 is 0 Å². The van der Waals surface area contributed by atoms with Crippen LogP contribution in [0.3, 0.4) is 0 Å². The highest BCUT2D eigenvalue weighted by Crippen LogP contribution is 2.23. The van der Waals surface area contributed by atoms with Crippen molar-refractivity contribution in [2.24, 2.45) is 0 Å². The predicted molar refractivity (Wildman–Crippen MR) is 75.2 cm³/mol. The van der Waals surface area contributed by atoms with Crippen molar-refractivity contribution in [3.05, 3.63) is 29.3 Å². The smallest absolute Gasteiger partial charge is 0.261 e. The molecule has 1 aliphatic heterocycles. The van der Waals surface area contributed by atoms with Gasteiger partial charge in [-0.05, 0) is 39.3 Å². The van der Waals surface area contributed by atoms with E-state index in [0.717, 1.165) is 43.7 Å². The molecule has 0 aliphatic carbocycles. The Labute approximate surface area is 114 Å². The largest absolute Gasteiger partial charge is 0.480 e. The number of nitrogens with one attached hydrogen (secondary N) is 2. The van der Waals surface area contributed by atoms with Crippen LogP contribution in [0.1, 0.15) is 30.4 Å². The normalized spacial score (nSPS) is 19.7. The molecule has 1 aromatic carbocycles. The number of rotatable bonds is 4. The number of amides is 1. The molecule has 1 atom stereocenters. The van der Waals surface area contributed by atoms with E-state index in [2.05, 4.69) is 23.6 Å². The molecule has 0 aromatic heterocycles. The third-order valence-corrected chi connectivity index (χ3v) is 3.34. The van der Waals surface area contributed by atoms with Crippen LogP contribution < -0.4 is 15.4 Å². The first-order chi connectivity index (χ1) is 9.20. The number of ether oxygens (including phenoxy) is 1. The van der Waals surface area contributed by atoms with Crippen LogP contribution in [0.2, 0.25) is 0 Å². The summed E-state index contributed by atoms with van der Waals surface area (Å²) in [6.45, 7) is 3.56. The maximum atomic E-state index is 11.9. The zero-order valence-electron chi connectivity index (χ0n) is 11.7. The topological polar surface area (TPSA) is 50.4 Å². The highest BCUT2D eigenvalue weighted by molar-refractivity contribution is 5.81. The zero-order valence-corrected chi connectivity index (χ0v) is 11.7. The van der Waals surface area contributed by atoms with Gasteiger partial charge in [0.25, 0.3) is 5.91 Å². The highest BCUT2D eigenvalue weighted by Gasteiger charge is 2.23. The minimum absolute atomic E-state index is 0.00785. The molecule has 0 radical (unpaired) electrons. The Morgan fingerprint density at radius 3 is 3.05 bits per heavy atom. The summed E-state index contributed by atoms with van der Waals surface area (Å²) in [6, 6.07) is 6.07. The summed E-state index contributed by atoms with van der Waals surface area (Å²) < 4.78 is 5.93. The van der Waals surface area contributed by atoms with Crippen molar-refractivity contribution < 1.29 is 9.53 Å². The van der Waals surface area contributed by atoms with Crippen molar-refractivity contribution >= 4 is 5.91 Å². The minimum atomic E-state index is -0.360. The van der Waals surface area contributed by atoms with Crippen molar-refractivity contribution in [3.63, 3.8) is 0 Å². The number of benzene rings is 1. The van der Waals surface area contributed by atoms with E-state index in [1.54, 1.807) is 0 Å². The Morgan fingerprint density at radius 2 is 2.26 bits per heavy atom. The molecule has 0 bridgehead atoms. The number of aryl methyl sites for hydroxylation is 1. The van der Waals surface area contributed by atoms with E-state index in [-0.39, 0.29) is 12.0 Å². The van der Waals surface area contributed by atoms with E-state index in [1.165, 1.54) is 5.56 Å². The van der Waals surface area contributed by atoms with Crippen LogP contribution in [-0.4, -0.2) is 25.6 Å². The Bertz CT molecular complexity index is 446. The molecule has 19 heavy (non-hydrogen) atoms. The summed E-state index contributed by atoms with van der Waals surface area (Å²) in [6.07, 6.45) is 2.49. The van der Waals surface area contributed by atoms with Crippen LogP contribution in [0.25, 0.3) is 0 Å². The third kappa shape index (κ3) is 3.70. The van der Waals surface area contributed by atoms with Gasteiger partial charge >= 0.3 is 0 Å². The lowest BCUT2D eigenvalue weighted by molar-refractivity contribution is -0.127. The molecule has 4 nitrogen and oxygen atoms in total. The fourth-order valence-corrected chi connectivity index (χ4v) is 2.33. The Morgan fingerprint density at radius 1 is 1.42 bits per heavy atom. The standard InChI is InChI=1S/C15H22N2O2/c1-11-6-7-13(12(9-11)10-16-2)19-14-5-3-4-8-17-15(14)18/h6-7,9,14,16H,3-5,8,10H2,1-2H3,(H,17,18). The average molecular weight is 262 g/mol. The van der Waals surface area contributed by atoms with E-state index in [1.807, 2.05) is 19.2 Å². The van der Waals surface area contributed by atoms with Crippen LogP contribution >= 0.6 is 0 Å². The number of hydrogen-bond donors (Lipinski definition) is 2. The van der Waals surface area contributed by atoms with Gasteiger partial charge in [-0.15, -0.1) is 0 Å². The van der Waals surface area contributed by atoms with E-state index in [4.69, 9.17) is 4.74 Å². The molecule has 1 fully saturated rings. The molecule has 0 spiro atoms. The van der Waals surface area contributed by atoms with Gasteiger partial charge in [-0.25, -0.2) is 0 Å². The third-order valence-electron chi connectivity index (χ3n) is 3.34. The summed E-state index contributed by atoms with van der Waals surface area (Å²) in [7, 11) is 1.91. The molecule has 1 amide bonds. The van der Waals surface area contributed by atoms with E-state index in [0.29, 0.717) is 0 Å². The van der Waals surface area contributed by atoms with Gasteiger partial charge in [0.1, 0.15) is 5.75 Å². The molecule has 1 unspecified atom stereocenters. The first-order valence-corrected chi connectivity index (χ1v) is 6.89. The highest BCUT2D eigenvalue weighted by atomic mass is 16.5. The maximum absolute atomic E-state index is 11.9. The van der Waals surface area contributed by atoms with Crippen LogP contribution in [-0.2, 0) is 11.3 Å². The van der Waals surface area contributed by atoms with Crippen LogP contribution in [0.5, 0.6) is 5.75 Å². The Hall–Kier alpha value is -1.55. The molecule has 0 saturated carbocycles. The van der Waals surface area contributed by atoms with E-state index < -0.39 is 0 Å². The molecule has 2 rings (SSSR count). The average Bonchev–Trinajstić information content (AvgIpc) is 2.58. The lowest BCUT2D eigenvalue weighted by Crippen LogP contribution is -2.36. The summed E-state index contributed by atoms with van der Waals surface area (Å²) >= 11 is 0. The number of hydrogen-bond acceptors (Lipinski definition) is 3. The molecule has 4 heteroatoms. The van der Waals surface area contributed by atoms with Crippen molar-refractivity contribution in [1.29, 1.82) is 0 Å². The fraction of sp³-hybridized carbons (Fsp3) is 0.533. The van der Waals surface area contributed by atoms with E-state index in [9.17, 15) is 4.79 Å². The summed E-state index contributed by atoms with van der Waals surface area (Å²) in [5, 5.41) is 6.03. The van der Waals surface area contributed by atoms with Gasteiger partial charge in [-0.2, -0.15) is 0 Å². The molecule has 104 valence electrons.